The van der Waals surface area contributed by atoms with Crippen LogP contribution in [0, 0.1) is 5.92 Å². The van der Waals surface area contributed by atoms with Gasteiger partial charge in [0.05, 0.1) is 13.0 Å². The summed E-state index contributed by atoms with van der Waals surface area (Å²) in [6.07, 6.45) is 0. The number of carbonyl (C=O) groups excluding carboxylic acids is 1. The highest BCUT2D eigenvalue weighted by atomic mass is 35.5. The van der Waals surface area contributed by atoms with Crippen molar-refractivity contribution in [2.75, 3.05) is 12.4 Å². The summed E-state index contributed by atoms with van der Waals surface area (Å²) in [6.45, 7) is 3.62. The fourth-order valence-electron chi connectivity index (χ4n) is 1.90. The van der Waals surface area contributed by atoms with Gasteiger partial charge < -0.3 is 20.5 Å². The molecule has 24 heavy (non-hydrogen) atoms. The van der Waals surface area contributed by atoms with Gasteiger partial charge in [-0.05, 0) is 43.3 Å². The lowest BCUT2D eigenvalue weighted by Crippen LogP contribution is -2.34. The zero-order valence-corrected chi connectivity index (χ0v) is 14.8. The van der Waals surface area contributed by atoms with E-state index < -0.39 is 0 Å². The maximum Gasteiger partial charge on any atom is 0.228 e. The maximum atomic E-state index is 12.0. The maximum absolute atomic E-state index is 12.0. The van der Waals surface area contributed by atoms with E-state index in [1.807, 2.05) is 25.1 Å². The molecule has 0 bridgehead atoms. The second-order valence-electron chi connectivity index (χ2n) is 5.44. The Balaban J connectivity index is 0.00000288. The van der Waals surface area contributed by atoms with E-state index in [9.17, 15) is 4.79 Å². The fraction of sp³-hybridized carbons (Fsp3) is 0.278. The lowest BCUT2D eigenvalue weighted by Gasteiger charge is -2.15. The lowest BCUT2D eigenvalue weighted by atomic mass is 10.0. The van der Waals surface area contributed by atoms with Crippen LogP contribution in [0.1, 0.15) is 13.8 Å². The fourth-order valence-corrected chi connectivity index (χ4v) is 1.90. The number of amides is 1. The molecule has 2 rings (SSSR count). The molecule has 130 valence electrons. The van der Waals surface area contributed by atoms with Crippen molar-refractivity contribution in [1.29, 1.82) is 0 Å². The number of hydrogen-bond acceptors (Lipinski definition) is 4. The normalized spacial score (nSPS) is 12.5. The molecule has 2 aromatic carbocycles. The highest BCUT2D eigenvalue weighted by Gasteiger charge is 2.16. The minimum atomic E-state index is -0.247. The first kappa shape index (κ1) is 19.8. The highest BCUT2D eigenvalue weighted by molar-refractivity contribution is 5.92. The van der Waals surface area contributed by atoms with Gasteiger partial charge in [0.2, 0.25) is 5.91 Å². The molecule has 0 radical (unpaired) electrons. The van der Waals surface area contributed by atoms with E-state index in [-0.39, 0.29) is 30.3 Å². The van der Waals surface area contributed by atoms with Crippen LogP contribution < -0.4 is 20.5 Å². The van der Waals surface area contributed by atoms with Crippen molar-refractivity contribution in [2.24, 2.45) is 11.7 Å². The van der Waals surface area contributed by atoms with E-state index in [0.717, 1.165) is 5.75 Å². The summed E-state index contributed by atoms with van der Waals surface area (Å²) in [5.41, 5.74) is 6.44. The summed E-state index contributed by atoms with van der Waals surface area (Å²) in [4.78, 5) is 12.0. The van der Waals surface area contributed by atoms with Gasteiger partial charge in [-0.15, -0.1) is 12.4 Å². The van der Waals surface area contributed by atoms with Crippen molar-refractivity contribution < 1.29 is 14.3 Å². The van der Waals surface area contributed by atoms with Gasteiger partial charge in [-0.1, -0.05) is 13.0 Å². The Kier molecular flexibility index (Phi) is 7.55. The smallest absolute Gasteiger partial charge is 0.228 e. The molecule has 0 saturated heterocycles. The van der Waals surface area contributed by atoms with Crippen LogP contribution in [0.3, 0.4) is 0 Å². The molecule has 0 heterocycles. The lowest BCUT2D eigenvalue weighted by molar-refractivity contribution is -0.119. The van der Waals surface area contributed by atoms with E-state index in [1.54, 1.807) is 44.4 Å². The molecule has 0 aliphatic heterocycles. The van der Waals surface area contributed by atoms with Crippen LogP contribution in [0.15, 0.2) is 48.5 Å². The number of benzene rings is 2. The Bertz CT molecular complexity index is 660. The van der Waals surface area contributed by atoms with Crippen LogP contribution in [0.5, 0.6) is 17.2 Å². The zero-order chi connectivity index (χ0) is 16.8. The first-order valence-electron chi connectivity index (χ1n) is 7.48. The molecule has 0 saturated carbocycles. The van der Waals surface area contributed by atoms with E-state index >= 15 is 0 Å². The molecule has 5 nitrogen and oxygen atoms in total. The van der Waals surface area contributed by atoms with E-state index in [1.165, 1.54) is 0 Å². The summed E-state index contributed by atoms with van der Waals surface area (Å²) in [5, 5.41) is 2.84. The van der Waals surface area contributed by atoms with Crippen molar-refractivity contribution in [1.82, 2.24) is 0 Å². The SMILES string of the molecule is COc1cccc(Oc2ccc(NC(=O)C(C)C(C)N)cc2)c1.Cl. The minimum Gasteiger partial charge on any atom is -0.497 e. The predicted molar refractivity (Wildman–Crippen MR) is 98.2 cm³/mol. The predicted octanol–water partition coefficient (Wildman–Crippen LogP) is 3.83. The molecule has 0 spiro atoms. The number of nitrogens with one attached hydrogen (secondary N) is 1. The number of anilines is 1. The zero-order valence-electron chi connectivity index (χ0n) is 14.0. The monoisotopic (exact) mass is 350 g/mol. The molecule has 3 N–H and O–H groups in total. The largest absolute Gasteiger partial charge is 0.497 e. The number of halogens is 1. The van der Waals surface area contributed by atoms with Gasteiger partial charge in [0, 0.05) is 17.8 Å². The Morgan fingerprint density at radius 3 is 2.25 bits per heavy atom. The molecular formula is C18H23ClN2O3. The summed E-state index contributed by atoms with van der Waals surface area (Å²) >= 11 is 0. The number of methoxy groups -OCH3 is 1. The molecule has 2 aromatic rings. The molecule has 0 aliphatic carbocycles. The van der Waals surface area contributed by atoms with Crippen LogP contribution in [0.2, 0.25) is 0 Å². The highest BCUT2D eigenvalue weighted by Crippen LogP contribution is 2.26. The van der Waals surface area contributed by atoms with Crippen molar-refractivity contribution in [2.45, 2.75) is 19.9 Å². The summed E-state index contributed by atoms with van der Waals surface area (Å²) in [7, 11) is 1.61. The van der Waals surface area contributed by atoms with Gasteiger partial charge in [0.15, 0.2) is 0 Å². The van der Waals surface area contributed by atoms with Gasteiger partial charge in [-0.2, -0.15) is 0 Å². The van der Waals surface area contributed by atoms with E-state index in [4.69, 9.17) is 15.2 Å². The quantitative estimate of drug-likeness (QED) is 0.830. The van der Waals surface area contributed by atoms with Gasteiger partial charge in [0.1, 0.15) is 17.2 Å². The topological polar surface area (TPSA) is 73.6 Å². The van der Waals surface area contributed by atoms with Crippen LogP contribution in [-0.4, -0.2) is 19.1 Å². The average Bonchev–Trinajstić information content (AvgIpc) is 2.56. The molecule has 1 amide bonds. The van der Waals surface area contributed by atoms with Gasteiger partial charge in [-0.25, -0.2) is 0 Å². The molecule has 0 aromatic heterocycles. The third-order valence-corrected chi connectivity index (χ3v) is 3.60. The number of rotatable bonds is 6. The summed E-state index contributed by atoms with van der Waals surface area (Å²) in [6, 6.07) is 14.4. The Labute approximate surface area is 148 Å². The van der Waals surface area contributed by atoms with Crippen molar-refractivity contribution in [3.63, 3.8) is 0 Å². The molecular weight excluding hydrogens is 328 g/mol. The second-order valence-corrected chi connectivity index (χ2v) is 5.44. The minimum absolute atomic E-state index is 0. The Morgan fingerprint density at radius 1 is 1.04 bits per heavy atom. The Hall–Kier alpha value is -2.24. The van der Waals surface area contributed by atoms with Gasteiger partial charge in [0.25, 0.3) is 0 Å². The van der Waals surface area contributed by atoms with Crippen LogP contribution in [0.25, 0.3) is 0 Å². The molecule has 0 fully saturated rings. The summed E-state index contributed by atoms with van der Waals surface area (Å²) < 4.78 is 10.9. The van der Waals surface area contributed by atoms with E-state index in [2.05, 4.69) is 5.32 Å². The Morgan fingerprint density at radius 2 is 1.67 bits per heavy atom. The van der Waals surface area contributed by atoms with Crippen molar-refractivity contribution in [3.05, 3.63) is 48.5 Å². The summed E-state index contributed by atoms with van der Waals surface area (Å²) in [5.74, 6) is 1.75. The molecule has 2 unspecified atom stereocenters. The number of hydrogen-bond donors (Lipinski definition) is 2. The van der Waals surface area contributed by atoms with Gasteiger partial charge >= 0.3 is 0 Å². The van der Waals surface area contributed by atoms with Crippen molar-refractivity contribution in [3.8, 4) is 17.2 Å². The van der Waals surface area contributed by atoms with Crippen LogP contribution >= 0.6 is 12.4 Å². The molecule has 6 heteroatoms. The third kappa shape index (κ3) is 5.44. The van der Waals surface area contributed by atoms with Crippen LogP contribution in [0.4, 0.5) is 5.69 Å². The van der Waals surface area contributed by atoms with E-state index in [0.29, 0.717) is 17.2 Å². The van der Waals surface area contributed by atoms with Crippen LogP contribution in [-0.2, 0) is 4.79 Å². The molecule has 2 atom stereocenters. The molecule has 0 aliphatic rings. The van der Waals surface area contributed by atoms with Crippen molar-refractivity contribution >= 4 is 24.0 Å². The first-order valence-corrected chi connectivity index (χ1v) is 7.48. The average molecular weight is 351 g/mol. The standard InChI is InChI=1S/C18H22N2O3.ClH/c1-12(13(2)19)18(21)20-14-7-9-15(10-8-14)23-17-6-4-5-16(11-17)22-3;/h4-13H,19H2,1-3H3,(H,20,21);1H. The third-order valence-electron chi connectivity index (χ3n) is 3.60. The van der Waals surface area contributed by atoms with Gasteiger partial charge in [-0.3, -0.25) is 4.79 Å². The number of ether oxygens (including phenoxy) is 2. The number of nitrogens with two attached hydrogens (primary N) is 1. The number of carbonyl (C=O) groups is 1. The second kappa shape index (κ2) is 9.15. The first-order chi connectivity index (χ1) is 11.0.